The van der Waals surface area contributed by atoms with E-state index in [9.17, 15) is 9.59 Å². The van der Waals surface area contributed by atoms with Crippen LogP contribution >= 0.6 is 0 Å². The van der Waals surface area contributed by atoms with Crippen molar-refractivity contribution in [1.82, 2.24) is 15.6 Å². The van der Waals surface area contributed by atoms with Crippen molar-refractivity contribution in [2.45, 2.75) is 39.2 Å². The van der Waals surface area contributed by atoms with Gasteiger partial charge in [-0.1, -0.05) is 32.0 Å². The zero-order valence-corrected chi connectivity index (χ0v) is 21.9. The average Bonchev–Trinajstić information content (AvgIpc) is 2.91. The highest BCUT2D eigenvalue weighted by atomic mass is 16.5. The first kappa shape index (κ1) is 28.6. The Morgan fingerprint density at radius 2 is 1.61 bits per heavy atom. The number of methoxy groups -OCH3 is 3. The molecule has 0 aliphatic heterocycles. The van der Waals surface area contributed by atoms with Crippen molar-refractivity contribution in [3.8, 4) is 17.2 Å². The van der Waals surface area contributed by atoms with E-state index in [4.69, 9.17) is 14.2 Å². The average molecular weight is 499 g/mol. The predicted octanol–water partition coefficient (Wildman–Crippen LogP) is 3.47. The summed E-state index contributed by atoms with van der Waals surface area (Å²) in [6.07, 6.45) is 3.77. The van der Waals surface area contributed by atoms with E-state index < -0.39 is 0 Å². The molecule has 2 amide bonds. The first-order valence-corrected chi connectivity index (χ1v) is 12.2. The molecule has 196 valence electrons. The molecule has 0 bridgehead atoms. The third-order valence-corrected chi connectivity index (χ3v) is 5.86. The molecule has 0 spiro atoms. The number of hydrogen-bond donors (Lipinski definition) is 2. The molecule has 0 aromatic heterocycles. The second kappa shape index (κ2) is 15.4. The Kier molecular flexibility index (Phi) is 12.3. The molecule has 0 aliphatic rings. The van der Waals surface area contributed by atoms with E-state index in [2.05, 4.69) is 20.7 Å². The van der Waals surface area contributed by atoms with Gasteiger partial charge >= 0.3 is 0 Å². The van der Waals surface area contributed by atoms with Crippen molar-refractivity contribution in [1.29, 1.82) is 0 Å². The number of carbonyl (C=O) groups excluding carboxylic acids is 2. The van der Waals surface area contributed by atoms with Crippen LogP contribution in [0.2, 0.25) is 0 Å². The van der Waals surface area contributed by atoms with Crippen molar-refractivity contribution in [2.24, 2.45) is 5.10 Å². The molecule has 0 saturated carbocycles. The Morgan fingerprint density at radius 3 is 2.17 bits per heavy atom. The van der Waals surface area contributed by atoms with E-state index in [1.54, 1.807) is 51.8 Å². The van der Waals surface area contributed by atoms with Crippen LogP contribution in [0.5, 0.6) is 17.2 Å². The number of hydrazone groups is 1. The number of amides is 2. The van der Waals surface area contributed by atoms with Gasteiger partial charge in [0, 0.05) is 17.7 Å². The van der Waals surface area contributed by atoms with Gasteiger partial charge < -0.3 is 19.5 Å². The number of nitrogens with one attached hydrogen (secondary N) is 2. The quantitative estimate of drug-likeness (QED) is 0.222. The molecule has 2 aromatic carbocycles. The number of unbranched alkanes of at least 4 members (excludes halogenated alkanes) is 1. The lowest BCUT2D eigenvalue weighted by atomic mass is 10.1. The molecule has 1 atom stereocenters. The maximum absolute atomic E-state index is 13.0. The van der Waals surface area contributed by atoms with Gasteiger partial charge in [0.2, 0.25) is 5.75 Å². The molecule has 9 heteroatoms. The minimum Gasteiger partial charge on any atom is -0.493 e. The van der Waals surface area contributed by atoms with Gasteiger partial charge in [-0.3, -0.25) is 14.5 Å². The number of carbonyl (C=O) groups is 2. The molecule has 0 fully saturated rings. The van der Waals surface area contributed by atoms with Crippen molar-refractivity contribution in [3.05, 3.63) is 53.6 Å². The van der Waals surface area contributed by atoms with Crippen LogP contribution in [-0.4, -0.2) is 69.9 Å². The minimum absolute atomic E-state index is 0.0882. The highest BCUT2D eigenvalue weighted by molar-refractivity contribution is 5.94. The third-order valence-electron chi connectivity index (χ3n) is 5.86. The Balaban J connectivity index is 1.94. The molecule has 9 nitrogen and oxygen atoms in total. The summed E-state index contributed by atoms with van der Waals surface area (Å²) in [7, 11) is 4.63. The van der Waals surface area contributed by atoms with Gasteiger partial charge in [0.25, 0.3) is 11.8 Å². The van der Waals surface area contributed by atoms with Crippen LogP contribution in [0.3, 0.4) is 0 Å². The van der Waals surface area contributed by atoms with Gasteiger partial charge in [-0.05, 0) is 56.6 Å². The molecule has 0 unspecified atom stereocenters. The van der Waals surface area contributed by atoms with E-state index >= 15 is 0 Å². The van der Waals surface area contributed by atoms with Gasteiger partial charge in [-0.2, -0.15) is 5.10 Å². The number of rotatable bonds is 15. The summed E-state index contributed by atoms with van der Waals surface area (Å²) in [5.41, 5.74) is 4.01. The maximum atomic E-state index is 13.0. The fourth-order valence-corrected chi connectivity index (χ4v) is 3.92. The lowest BCUT2D eigenvalue weighted by Crippen LogP contribution is -2.45. The first-order valence-electron chi connectivity index (χ1n) is 12.2. The molecule has 0 aliphatic carbocycles. The lowest BCUT2D eigenvalue weighted by molar-refractivity contribution is -0.126. The van der Waals surface area contributed by atoms with Crippen LogP contribution in [-0.2, 0) is 4.79 Å². The molecule has 0 saturated heterocycles. The van der Waals surface area contributed by atoms with Gasteiger partial charge in [0.15, 0.2) is 11.5 Å². The van der Waals surface area contributed by atoms with Crippen LogP contribution in [0.15, 0.2) is 47.6 Å². The second-order valence-electron chi connectivity index (χ2n) is 8.05. The summed E-state index contributed by atoms with van der Waals surface area (Å²) in [6, 6.07) is 12.3. The summed E-state index contributed by atoms with van der Waals surface area (Å²) >= 11 is 0. The second-order valence-corrected chi connectivity index (χ2v) is 8.05. The van der Waals surface area contributed by atoms with Crippen molar-refractivity contribution >= 4 is 18.0 Å². The van der Waals surface area contributed by atoms with Crippen LogP contribution in [0.4, 0.5) is 0 Å². The van der Waals surface area contributed by atoms with Crippen LogP contribution in [0.25, 0.3) is 0 Å². The molecule has 0 radical (unpaired) electrons. The Bertz CT molecular complexity index is 968. The molecular weight excluding hydrogens is 460 g/mol. The number of nitrogens with zero attached hydrogens (tertiary/aromatic N) is 2. The smallest absolute Gasteiger partial charge is 0.257 e. The summed E-state index contributed by atoms with van der Waals surface area (Å²) < 4.78 is 16.1. The molecule has 2 rings (SSSR count). The van der Waals surface area contributed by atoms with E-state index in [-0.39, 0.29) is 17.9 Å². The molecule has 0 heterocycles. The fourth-order valence-electron chi connectivity index (χ4n) is 3.92. The van der Waals surface area contributed by atoms with Crippen molar-refractivity contribution < 1.29 is 23.8 Å². The Hall–Kier alpha value is -3.59. The summed E-state index contributed by atoms with van der Waals surface area (Å²) in [5, 5.41) is 7.09. The summed E-state index contributed by atoms with van der Waals surface area (Å²) in [4.78, 5) is 27.3. The monoisotopic (exact) mass is 498 g/mol. The summed E-state index contributed by atoms with van der Waals surface area (Å²) in [6.45, 7) is 6.11. The highest BCUT2D eigenvalue weighted by Gasteiger charge is 2.23. The molecule has 2 aromatic rings. The zero-order chi connectivity index (χ0) is 26.3. The van der Waals surface area contributed by atoms with Crippen LogP contribution < -0.4 is 25.0 Å². The van der Waals surface area contributed by atoms with Gasteiger partial charge in [0.05, 0.1) is 33.6 Å². The number of ether oxygens (including phenoxy) is 3. The fraction of sp³-hybridized carbons (Fsp3) is 0.444. The standard InChI is InChI=1S/C27H38N4O5/c1-6-31(7-2)22(15-11-12-16-28-26(32)21-13-9-8-10-14-21)27(33)30-29-19-20-17-23(34-3)25(36-5)24(18-20)35-4/h8-10,13-14,17-19,22H,6-7,11-12,15-16H2,1-5H3,(H,28,32)(H,30,33)/b29-19+/t22-/m1/s1. The molecule has 36 heavy (non-hydrogen) atoms. The van der Waals surface area contributed by atoms with Gasteiger partial charge in [-0.25, -0.2) is 5.43 Å². The first-order chi connectivity index (χ1) is 17.5. The topological polar surface area (TPSA) is 101 Å². The Labute approximate surface area is 213 Å². The van der Waals surface area contributed by atoms with E-state index in [1.165, 1.54) is 0 Å². The maximum Gasteiger partial charge on any atom is 0.257 e. The third kappa shape index (κ3) is 8.27. The normalized spacial score (nSPS) is 11.8. The Morgan fingerprint density at radius 1 is 0.972 bits per heavy atom. The molecular formula is C27H38N4O5. The SMILES string of the molecule is CCN(CC)[C@H](CCCCNC(=O)c1ccccc1)C(=O)N/N=C/c1cc(OC)c(OC)c(OC)c1. The van der Waals surface area contributed by atoms with E-state index in [0.717, 1.165) is 25.9 Å². The van der Waals surface area contributed by atoms with Crippen LogP contribution in [0, 0.1) is 0 Å². The number of benzene rings is 2. The van der Waals surface area contributed by atoms with Crippen molar-refractivity contribution in [3.63, 3.8) is 0 Å². The number of hydrogen-bond acceptors (Lipinski definition) is 7. The van der Waals surface area contributed by atoms with E-state index in [0.29, 0.717) is 41.3 Å². The van der Waals surface area contributed by atoms with Crippen molar-refractivity contribution in [2.75, 3.05) is 41.0 Å². The minimum atomic E-state index is -0.318. The summed E-state index contributed by atoms with van der Waals surface area (Å²) in [5.74, 6) is 1.24. The predicted molar refractivity (Wildman–Crippen MR) is 141 cm³/mol. The van der Waals surface area contributed by atoms with E-state index in [1.807, 2.05) is 32.0 Å². The molecule has 2 N–H and O–H groups in total. The zero-order valence-electron chi connectivity index (χ0n) is 21.9. The van der Waals surface area contributed by atoms with Gasteiger partial charge in [0.1, 0.15) is 0 Å². The van der Waals surface area contributed by atoms with Crippen LogP contribution in [0.1, 0.15) is 49.0 Å². The van der Waals surface area contributed by atoms with Gasteiger partial charge in [-0.15, -0.1) is 0 Å². The lowest BCUT2D eigenvalue weighted by Gasteiger charge is -2.28. The highest BCUT2D eigenvalue weighted by Crippen LogP contribution is 2.37. The number of likely N-dealkylation sites (N-methyl/N-ethyl adjacent to an activating group) is 1. The largest absolute Gasteiger partial charge is 0.493 e.